The smallest absolute Gasteiger partial charge is 0.192 e. The number of halogens is 1. The molecule has 0 atom stereocenters. The first-order chi connectivity index (χ1) is 10.7. The van der Waals surface area contributed by atoms with Crippen LogP contribution >= 0.6 is 24.0 Å². The fourth-order valence-corrected chi connectivity index (χ4v) is 1.92. The van der Waals surface area contributed by atoms with Gasteiger partial charge in [-0.3, -0.25) is 4.57 Å². The molecule has 0 spiro atoms. The molecule has 0 radical (unpaired) electrons. The molecule has 7 heteroatoms. The molecule has 2 rings (SSSR count). The van der Waals surface area contributed by atoms with Crippen LogP contribution in [-0.2, 0) is 6.54 Å². The van der Waals surface area contributed by atoms with E-state index in [1.54, 1.807) is 6.20 Å². The van der Waals surface area contributed by atoms with Crippen molar-refractivity contribution in [3.05, 3.63) is 42.1 Å². The molecule has 0 bridgehead atoms. The van der Waals surface area contributed by atoms with Gasteiger partial charge in [0.2, 0.25) is 0 Å². The first-order valence-corrected chi connectivity index (χ1v) is 7.15. The van der Waals surface area contributed by atoms with Gasteiger partial charge in [-0.1, -0.05) is 12.0 Å². The monoisotopic (exact) mass is 424 g/mol. The lowest BCUT2D eigenvalue weighted by Crippen LogP contribution is -2.37. The molecule has 6 nitrogen and oxygen atoms in total. The van der Waals surface area contributed by atoms with Crippen molar-refractivity contribution in [2.24, 2.45) is 4.99 Å². The van der Waals surface area contributed by atoms with Crippen LogP contribution in [-0.4, -0.2) is 33.6 Å². The fraction of sp³-hybridized carbons (Fsp3) is 0.312. The Morgan fingerprint density at radius 1 is 1.35 bits per heavy atom. The van der Waals surface area contributed by atoms with Crippen LogP contribution < -0.4 is 10.6 Å². The molecule has 0 aliphatic carbocycles. The van der Waals surface area contributed by atoms with Crippen LogP contribution in [0.2, 0.25) is 0 Å². The van der Waals surface area contributed by atoms with Crippen molar-refractivity contribution in [3.63, 3.8) is 0 Å². The fourth-order valence-electron chi connectivity index (χ4n) is 1.92. The van der Waals surface area contributed by atoms with Gasteiger partial charge in [0, 0.05) is 25.1 Å². The van der Waals surface area contributed by atoms with E-state index in [0.717, 1.165) is 23.8 Å². The lowest BCUT2D eigenvalue weighted by atomic mass is 10.3. The predicted octanol–water partition coefficient (Wildman–Crippen LogP) is 1.88. The van der Waals surface area contributed by atoms with Crippen LogP contribution in [0.15, 0.2) is 35.7 Å². The molecular formula is C16H21IN6. The van der Waals surface area contributed by atoms with Crippen molar-refractivity contribution < 1.29 is 0 Å². The Labute approximate surface area is 153 Å². The molecule has 122 valence electrons. The maximum absolute atomic E-state index is 5.24. The summed E-state index contributed by atoms with van der Waals surface area (Å²) in [5.41, 5.74) is 1.03. The number of rotatable bonds is 5. The second kappa shape index (κ2) is 9.84. The molecule has 2 heterocycles. The summed E-state index contributed by atoms with van der Waals surface area (Å²) in [6.45, 7) is 5.73. The van der Waals surface area contributed by atoms with Crippen molar-refractivity contribution in [3.8, 4) is 18.2 Å². The first-order valence-electron chi connectivity index (χ1n) is 7.15. The Morgan fingerprint density at radius 2 is 2.17 bits per heavy atom. The van der Waals surface area contributed by atoms with Gasteiger partial charge in [-0.25, -0.2) is 15.0 Å². The van der Waals surface area contributed by atoms with Gasteiger partial charge in [-0.2, -0.15) is 0 Å². The third kappa shape index (κ3) is 5.56. The Bertz CT molecular complexity index is 669. The molecule has 2 aromatic heterocycles. The number of nitrogens with zero attached hydrogens (tertiary/aromatic N) is 4. The zero-order valence-electron chi connectivity index (χ0n) is 13.3. The van der Waals surface area contributed by atoms with Gasteiger partial charge in [-0.15, -0.1) is 30.4 Å². The Morgan fingerprint density at radius 3 is 2.74 bits per heavy atom. The number of aliphatic imine (C=N–C) groups is 1. The minimum atomic E-state index is 0. The van der Waals surface area contributed by atoms with Gasteiger partial charge < -0.3 is 10.6 Å². The van der Waals surface area contributed by atoms with Crippen molar-refractivity contribution in [2.45, 2.75) is 20.4 Å². The van der Waals surface area contributed by atoms with E-state index in [1.807, 2.05) is 42.9 Å². The molecule has 0 saturated carbocycles. The number of pyridine rings is 1. The second-order valence-electron chi connectivity index (χ2n) is 4.62. The second-order valence-corrected chi connectivity index (χ2v) is 4.62. The van der Waals surface area contributed by atoms with Crippen molar-refractivity contribution in [2.75, 3.05) is 13.1 Å². The zero-order valence-corrected chi connectivity index (χ0v) is 15.6. The zero-order chi connectivity index (χ0) is 15.8. The molecular weight excluding hydrogens is 403 g/mol. The molecule has 0 aliphatic rings. The lowest BCUT2D eigenvalue weighted by Gasteiger charge is -2.09. The summed E-state index contributed by atoms with van der Waals surface area (Å²) in [7, 11) is 0. The third-order valence-corrected chi connectivity index (χ3v) is 3.00. The van der Waals surface area contributed by atoms with Crippen LogP contribution in [0.25, 0.3) is 5.82 Å². The van der Waals surface area contributed by atoms with Gasteiger partial charge in [-0.05, 0) is 25.5 Å². The van der Waals surface area contributed by atoms with E-state index in [0.29, 0.717) is 19.0 Å². The molecule has 0 aliphatic heterocycles. The van der Waals surface area contributed by atoms with E-state index >= 15 is 0 Å². The maximum Gasteiger partial charge on any atom is 0.192 e. The number of terminal acetylenes is 1. The number of nitrogens with one attached hydrogen (secondary N) is 2. The van der Waals surface area contributed by atoms with Gasteiger partial charge in [0.05, 0.1) is 13.1 Å². The van der Waals surface area contributed by atoms with Gasteiger partial charge in [0.25, 0.3) is 0 Å². The van der Waals surface area contributed by atoms with E-state index in [2.05, 4.69) is 31.5 Å². The lowest BCUT2D eigenvalue weighted by molar-refractivity contribution is 0.862. The average molecular weight is 424 g/mol. The summed E-state index contributed by atoms with van der Waals surface area (Å²) in [5, 5.41) is 6.19. The van der Waals surface area contributed by atoms with Crippen molar-refractivity contribution in [1.29, 1.82) is 0 Å². The van der Waals surface area contributed by atoms with Crippen LogP contribution in [0.5, 0.6) is 0 Å². The van der Waals surface area contributed by atoms with Crippen LogP contribution in [0.1, 0.15) is 18.3 Å². The van der Waals surface area contributed by atoms with Gasteiger partial charge >= 0.3 is 0 Å². The van der Waals surface area contributed by atoms with E-state index < -0.39 is 0 Å². The Kier molecular flexibility index (Phi) is 8.11. The van der Waals surface area contributed by atoms with Crippen molar-refractivity contribution in [1.82, 2.24) is 25.2 Å². The number of guanidine groups is 1. The summed E-state index contributed by atoms with van der Waals surface area (Å²) in [4.78, 5) is 13.1. The molecule has 23 heavy (non-hydrogen) atoms. The highest BCUT2D eigenvalue weighted by Crippen LogP contribution is 2.08. The Balaban J connectivity index is 0.00000264. The van der Waals surface area contributed by atoms with E-state index in [1.165, 1.54) is 0 Å². The number of aromatic nitrogens is 3. The van der Waals surface area contributed by atoms with Crippen LogP contribution in [0.3, 0.4) is 0 Å². The van der Waals surface area contributed by atoms with Crippen molar-refractivity contribution >= 4 is 29.9 Å². The molecule has 0 unspecified atom stereocenters. The quantitative estimate of drug-likeness (QED) is 0.333. The topological polar surface area (TPSA) is 67.1 Å². The van der Waals surface area contributed by atoms with Crippen LogP contribution in [0, 0.1) is 19.3 Å². The largest absolute Gasteiger partial charge is 0.357 e. The standard InChI is InChI=1S/C16H20N6.HI/c1-4-8-19-16(17-5-2)21-12-14-6-7-15(20-11-14)22-10-9-18-13(22)3;/h1,6-7,9-11H,5,8,12H2,2-3H3,(H2,17,19,21);1H. The normalized spacial score (nSPS) is 10.6. The first kappa shape index (κ1) is 19.0. The predicted molar refractivity (Wildman–Crippen MR) is 103 cm³/mol. The summed E-state index contributed by atoms with van der Waals surface area (Å²) < 4.78 is 1.94. The highest BCUT2D eigenvalue weighted by molar-refractivity contribution is 14.0. The number of hydrogen-bond acceptors (Lipinski definition) is 3. The summed E-state index contributed by atoms with van der Waals surface area (Å²) in [5.74, 6) is 4.99. The van der Waals surface area contributed by atoms with Gasteiger partial charge in [0.1, 0.15) is 11.6 Å². The molecule has 0 saturated heterocycles. The van der Waals surface area contributed by atoms with E-state index in [9.17, 15) is 0 Å². The molecule has 2 aromatic rings. The highest BCUT2D eigenvalue weighted by atomic mass is 127. The number of aryl methyl sites for hydroxylation is 1. The van der Waals surface area contributed by atoms with E-state index in [-0.39, 0.29) is 24.0 Å². The molecule has 0 fully saturated rings. The molecule has 0 aromatic carbocycles. The average Bonchev–Trinajstić information content (AvgIpc) is 2.97. The molecule has 2 N–H and O–H groups in total. The molecule has 0 amide bonds. The SMILES string of the molecule is C#CCNC(=NCc1ccc(-n2ccnc2C)nc1)NCC.I. The summed E-state index contributed by atoms with van der Waals surface area (Å²) >= 11 is 0. The number of imidazole rings is 1. The number of hydrogen-bond donors (Lipinski definition) is 2. The van der Waals surface area contributed by atoms with Gasteiger partial charge in [0.15, 0.2) is 5.96 Å². The minimum absolute atomic E-state index is 0. The highest BCUT2D eigenvalue weighted by Gasteiger charge is 2.02. The maximum atomic E-state index is 5.24. The Hall–Kier alpha value is -2.08. The van der Waals surface area contributed by atoms with Crippen LogP contribution in [0.4, 0.5) is 0 Å². The summed E-state index contributed by atoms with van der Waals surface area (Å²) in [6.07, 6.45) is 10.7. The van der Waals surface area contributed by atoms with E-state index in [4.69, 9.17) is 6.42 Å². The third-order valence-electron chi connectivity index (χ3n) is 3.00. The summed E-state index contributed by atoms with van der Waals surface area (Å²) in [6, 6.07) is 3.97. The minimum Gasteiger partial charge on any atom is -0.357 e.